The standard InChI is InChI=1S/C11H15BrO3/c1-7(13)4-8-5-9(12)6-10(14-2)11(8)15-3/h5-7,13H,4H2,1-3H3/t7-/m0/s1. The number of aliphatic hydroxyl groups is 1. The molecule has 1 N–H and O–H groups in total. The summed E-state index contributed by atoms with van der Waals surface area (Å²) >= 11 is 3.39. The summed E-state index contributed by atoms with van der Waals surface area (Å²) in [5.74, 6) is 1.35. The number of methoxy groups -OCH3 is 2. The third-order valence-electron chi connectivity index (χ3n) is 2.04. The van der Waals surface area contributed by atoms with Crippen LogP contribution in [-0.4, -0.2) is 25.4 Å². The van der Waals surface area contributed by atoms with Crippen molar-refractivity contribution in [1.82, 2.24) is 0 Å². The Bertz CT molecular complexity index is 337. The highest BCUT2D eigenvalue weighted by Crippen LogP contribution is 2.35. The molecular weight excluding hydrogens is 260 g/mol. The second-order valence-corrected chi connectivity index (χ2v) is 4.27. The minimum atomic E-state index is -0.405. The van der Waals surface area contributed by atoms with E-state index in [-0.39, 0.29) is 0 Å². The largest absolute Gasteiger partial charge is 0.493 e. The summed E-state index contributed by atoms with van der Waals surface area (Å²) in [7, 11) is 3.19. The summed E-state index contributed by atoms with van der Waals surface area (Å²) in [4.78, 5) is 0. The van der Waals surface area contributed by atoms with Gasteiger partial charge in [-0.2, -0.15) is 0 Å². The van der Waals surface area contributed by atoms with Gasteiger partial charge in [-0.15, -0.1) is 0 Å². The van der Waals surface area contributed by atoms with E-state index in [9.17, 15) is 5.11 Å². The van der Waals surface area contributed by atoms with Crippen LogP contribution in [0.1, 0.15) is 12.5 Å². The molecule has 0 aliphatic carbocycles. The topological polar surface area (TPSA) is 38.7 Å². The quantitative estimate of drug-likeness (QED) is 0.917. The molecule has 1 atom stereocenters. The number of benzene rings is 1. The Kier molecular flexibility index (Phi) is 4.42. The number of aliphatic hydroxyl groups excluding tert-OH is 1. The highest BCUT2D eigenvalue weighted by molar-refractivity contribution is 9.10. The third-order valence-corrected chi connectivity index (χ3v) is 2.49. The average Bonchev–Trinajstić information content (AvgIpc) is 2.15. The molecule has 0 unspecified atom stereocenters. The van der Waals surface area contributed by atoms with Gasteiger partial charge in [0.1, 0.15) is 0 Å². The van der Waals surface area contributed by atoms with Crippen molar-refractivity contribution in [1.29, 1.82) is 0 Å². The van der Waals surface area contributed by atoms with Gasteiger partial charge in [0.25, 0.3) is 0 Å². The summed E-state index contributed by atoms with van der Waals surface area (Å²) in [6, 6.07) is 3.76. The molecule has 0 aliphatic rings. The van der Waals surface area contributed by atoms with Crippen LogP contribution < -0.4 is 9.47 Å². The van der Waals surface area contributed by atoms with Gasteiger partial charge in [-0.05, 0) is 19.1 Å². The first-order chi connectivity index (χ1) is 7.08. The lowest BCUT2D eigenvalue weighted by atomic mass is 10.1. The van der Waals surface area contributed by atoms with Crippen molar-refractivity contribution in [2.75, 3.05) is 14.2 Å². The Labute approximate surface area is 98.1 Å². The lowest BCUT2D eigenvalue weighted by Crippen LogP contribution is -2.06. The summed E-state index contributed by atoms with van der Waals surface area (Å²) in [6.45, 7) is 1.74. The van der Waals surface area contributed by atoms with Crippen LogP contribution in [0.4, 0.5) is 0 Å². The Morgan fingerprint density at radius 3 is 2.47 bits per heavy atom. The van der Waals surface area contributed by atoms with E-state index in [0.717, 1.165) is 10.0 Å². The van der Waals surface area contributed by atoms with E-state index in [1.54, 1.807) is 21.1 Å². The minimum Gasteiger partial charge on any atom is -0.493 e. The molecule has 1 aromatic carbocycles. The summed E-state index contributed by atoms with van der Waals surface area (Å²) in [5, 5.41) is 9.37. The van der Waals surface area contributed by atoms with Gasteiger partial charge >= 0.3 is 0 Å². The first-order valence-corrected chi connectivity index (χ1v) is 5.46. The van der Waals surface area contributed by atoms with Gasteiger partial charge in [0.2, 0.25) is 0 Å². The molecule has 0 saturated heterocycles. The van der Waals surface area contributed by atoms with E-state index < -0.39 is 6.10 Å². The molecule has 4 heteroatoms. The molecule has 0 saturated carbocycles. The van der Waals surface area contributed by atoms with Crippen molar-refractivity contribution < 1.29 is 14.6 Å². The zero-order valence-electron chi connectivity index (χ0n) is 9.08. The van der Waals surface area contributed by atoms with Crippen molar-refractivity contribution in [2.45, 2.75) is 19.4 Å². The molecular formula is C11H15BrO3. The van der Waals surface area contributed by atoms with Gasteiger partial charge in [0, 0.05) is 16.5 Å². The smallest absolute Gasteiger partial charge is 0.164 e. The first-order valence-electron chi connectivity index (χ1n) is 4.67. The van der Waals surface area contributed by atoms with Gasteiger partial charge in [-0.25, -0.2) is 0 Å². The predicted molar refractivity (Wildman–Crippen MR) is 62.6 cm³/mol. The molecule has 0 bridgehead atoms. The highest BCUT2D eigenvalue weighted by atomic mass is 79.9. The molecule has 0 spiro atoms. The number of hydrogen-bond donors (Lipinski definition) is 1. The minimum absolute atomic E-state index is 0.405. The van der Waals surface area contributed by atoms with Crippen LogP contribution in [0.25, 0.3) is 0 Å². The van der Waals surface area contributed by atoms with E-state index in [0.29, 0.717) is 17.9 Å². The Balaban J connectivity index is 3.16. The maximum absolute atomic E-state index is 9.37. The maximum Gasteiger partial charge on any atom is 0.164 e. The van der Waals surface area contributed by atoms with Gasteiger partial charge in [0.15, 0.2) is 11.5 Å². The van der Waals surface area contributed by atoms with E-state index >= 15 is 0 Å². The lowest BCUT2D eigenvalue weighted by molar-refractivity contribution is 0.194. The van der Waals surface area contributed by atoms with Gasteiger partial charge in [-0.1, -0.05) is 15.9 Å². The molecule has 1 aromatic rings. The van der Waals surface area contributed by atoms with Crippen LogP contribution in [0.15, 0.2) is 16.6 Å². The van der Waals surface area contributed by atoms with Gasteiger partial charge in [0.05, 0.1) is 20.3 Å². The van der Waals surface area contributed by atoms with Crippen molar-refractivity contribution in [3.8, 4) is 11.5 Å². The number of rotatable bonds is 4. The second-order valence-electron chi connectivity index (χ2n) is 3.35. The molecule has 0 heterocycles. The van der Waals surface area contributed by atoms with E-state index in [4.69, 9.17) is 9.47 Å². The number of halogens is 1. The van der Waals surface area contributed by atoms with Crippen LogP contribution in [0, 0.1) is 0 Å². The Hall–Kier alpha value is -0.740. The fourth-order valence-electron chi connectivity index (χ4n) is 1.48. The molecule has 3 nitrogen and oxygen atoms in total. The molecule has 0 radical (unpaired) electrons. The Morgan fingerprint density at radius 2 is 2.00 bits per heavy atom. The number of ether oxygens (including phenoxy) is 2. The van der Waals surface area contributed by atoms with Crippen molar-refractivity contribution in [3.05, 3.63) is 22.2 Å². The van der Waals surface area contributed by atoms with Crippen LogP contribution in [0.2, 0.25) is 0 Å². The van der Waals surface area contributed by atoms with E-state index in [1.807, 2.05) is 12.1 Å². The summed E-state index contributed by atoms with van der Waals surface area (Å²) in [6.07, 6.45) is 0.136. The zero-order valence-corrected chi connectivity index (χ0v) is 10.7. The van der Waals surface area contributed by atoms with Crippen molar-refractivity contribution in [3.63, 3.8) is 0 Å². The molecule has 1 rings (SSSR count). The van der Waals surface area contributed by atoms with Crippen molar-refractivity contribution in [2.24, 2.45) is 0 Å². The van der Waals surface area contributed by atoms with Crippen LogP contribution >= 0.6 is 15.9 Å². The maximum atomic E-state index is 9.37. The van der Waals surface area contributed by atoms with Crippen LogP contribution in [0.3, 0.4) is 0 Å². The second kappa shape index (κ2) is 5.37. The van der Waals surface area contributed by atoms with Crippen LogP contribution in [0.5, 0.6) is 11.5 Å². The zero-order chi connectivity index (χ0) is 11.4. The summed E-state index contributed by atoms with van der Waals surface area (Å²) in [5.41, 5.74) is 0.929. The molecule has 0 aromatic heterocycles. The molecule has 84 valence electrons. The first kappa shape index (κ1) is 12.3. The number of hydrogen-bond acceptors (Lipinski definition) is 3. The predicted octanol–water partition coefficient (Wildman–Crippen LogP) is 2.39. The van der Waals surface area contributed by atoms with E-state index in [2.05, 4.69) is 15.9 Å². The molecule has 0 amide bonds. The van der Waals surface area contributed by atoms with Crippen LogP contribution in [-0.2, 0) is 6.42 Å². The fourth-order valence-corrected chi connectivity index (χ4v) is 1.96. The van der Waals surface area contributed by atoms with Gasteiger partial charge < -0.3 is 14.6 Å². The third kappa shape index (κ3) is 3.11. The normalized spacial score (nSPS) is 12.3. The fraction of sp³-hybridized carbons (Fsp3) is 0.455. The lowest BCUT2D eigenvalue weighted by Gasteiger charge is -2.14. The average molecular weight is 275 g/mol. The highest BCUT2D eigenvalue weighted by Gasteiger charge is 2.13. The SMILES string of the molecule is COc1cc(Br)cc(C[C@H](C)O)c1OC. The molecule has 0 fully saturated rings. The van der Waals surface area contributed by atoms with Crippen molar-refractivity contribution >= 4 is 15.9 Å². The molecule has 15 heavy (non-hydrogen) atoms. The van der Waals surface area contributed by atoms with Gasteiger partial charge in [-0.3, -0.25) is 0 Å². The monoisotopic (exact) mass is 274 g/mol. The molecule has 0 aliphatic heterocycles. The van der Waals surface area contributed by atoms with E-state index in [1.165, 1.54) is 0 Å². The Morgan fingerprint density at radius 1 is 1.33 bits per heavy atom. The summed E-state index contributed by atoms with van der Waals surface area (Å²) < 4.78 is 11.4.